The number of amides is 1. The topological polar surface area (TPSA) is 88.0 Å². The molecule has 3 rings (SSSR count). The van der Waals surface area contributed by atoms with Crippen LogP contribution in [0.1, 0.15) is 27.6 Å². The summed E-state index contributed by atoms with van der Waals surface area (Å²) in [5.74, 6) is -0.949. The number of nitrogens with one attached hydrogen (secondary N) is 1. The second-order valence-corrected chi connectivity index (χ2v) is 6.97. The molecule has 0 radical (unpaired) electrons. The van der Waals surface area contributed by atoms with E-state index in [0.29, 0.717) is 21.9 Å². The van der Waals surface area contributed by atoms with Crippen LogP contribution < -0.4 is 10.2 Å². The summed E-state index contributed by atoms with van der Waals surface area (Å²) in [5, 5.41) is 14.4. The van der Waals surface area contributed by atoms with Crippen molar-refractivity contribution >= 4 is 41.3 Å². The molecule has 0 aliphatic heterocycles. The zero-order valence-corrected chi connectivity index (χ0v) is 17.0. The van der Waals surface area contributed by atoms with Gasteiger partial charge in [0.1, 0.15) is 5.75 Å². The predicted molar refractivity (Wildman–Crippen MR) is 115 cm³/mol. The Kier molecular flexibility index (Phi) is 7.19. The molecule has 0 bridgehead atoms. The molecule has 1 amide bonds. The second kappa shape index (κ2) is 10.0. The largest absolute Gasteiger partial charge is 0.423 e. The molecule has 0 heterocycles. The van der Waals surface area contributed by atoms with E-state index in [9.17, 15) is 14.7 Å². The standard InChI is InChI=1S/C22H16Cl2N2O4/c23-16-8-11-18(19(24)12-16)22(29)30-17-9-6-14(7-10-17)13-25-26-21(28)20(27)15-4-2-1-3-5-15/h1-13,20,27H,(H,26,28)/b25-13-/t20-/m0/s1. The maximum atomic E-state index is 12.2. The highest BCUT2D eigenvalue weighted by Gasteiger charge is 2.16. The lowest BCUT2D eigenvalue weighted by molar-refractivity contribution is -0.129. The van der Waals surface area contributed by atoms with Crippen molar-refractivity contribution in [2.45, 2.75) is 6.10 Å². The third-order valence-corrected chi connectivity index (χ3v) is 4.54. The normalized spacial score (nSPS) is 11.8. The highest BCUT2D eigenvalue weighted by Crippen LogP contribution is 2.23. The maximum absolute atomic E-state index is 12.2. The molecule has 1 atom stereocenters. The van der Waals surface area contributed by atoms with Crippen molar-refractivity contribution in [3.05, 3.63) is 99.5 Å². The monoisotopic (exact) mass is 442 g/mol. The van der Waals surface area contributed by atoms with Crippen molar-refractivity contribution in [3.8, 4) is 5.75 Å². The van der Waals surface area contributed by atoms with Crippen LogP contribution in [0.4, 0.5) is 0 Å². The number of aliphatic hydroxyl groups is 1. The third-order valence-electron chi connectivity index (χ3n) is 3.99. The summed E-state index contributed by atoms with van der Waals surface area (Å²) in [4.78, 5) is 24.2. The molecule has 0 aromatic heterocycles. The Hall–Kier alpha value is -3.19. The van der Waals surface area contributed by atoms with E-state index < -0.39 is 18.0 Å². The van der Waals surface area contributed by atoms with Crippen LogP contribution in [0.3, 0.4) is 0 Å². The van der Waals surface area contributed by atoms with E-state index in [4.69, 9.17) is 27.9 Å². The molecule has 0 saturated heterocycles. The van der Waals surface area contributed by atoms with Crippen LogP contribution >= 0.6 is 23.2 Å². The van der Waals surface area contributed by atoms with Gasteiger partial charge in [-0.3, -0.25) is 4.79 Å². The summed E-state index contributed by atoms with van der Waals surface area (Å²) in [7, 11) is 0. The fourth-order valence-electron chi connectivity index (χ4n) is 2.46. The van der Waals surface area contributed by atoms with Crippen molar-refractivity contribution in [3.63, 3.8) is 0 Å². The molecule has 152 valence electrons. The Balaban J connectivity index is 1.56. The molecule has 8 heteroatoms. The Morgan fingerprint density at radius 1 is 1.00 bits per heavy atom. The SMILES string of the molecule is O=C(Oc1ccc(/C=N\NC(=O)[C@@H](O)c2ccccc2)cc1)c1ccc(Cl)cc1Cl. The van der Waals surface area contributed by atoms with Crippen LogP contribution in [-0.2, 0) is 4.79 Å². The molecule has 2 N–H and O–H groups in total. The third kappa shape index (κ3) is 5.67. The van der Waals surface area contributed by atoms with Gasteiger partial charge in [0, 0.05) is 5.02 Å². The first-order valence-corrected chi connectivity index (χ1v) is 9.53. The molecule has 0 unspecified atom stereocenters. The summed E-state index contributed by atoms with van der Waals surface area (Å²) >= 11 is 11.8. The van der Waals surface area contributed by atoms with Crippen LogP contribution in [0, 0.1) is 0 Å². The van der Waals surface area contributed by atoms with Gasteiger partial charge in [0.2, 0.25) is 0 Å². The average Bonchev–Trinajstić information content (AvgIpc) is 2.75. The highest BCUT2D eigenvalue weighted by molar-refractivity contribution is 6.36. The molecule has 0 spiro atoms. The van der Waals surface area contributed by atoms with Gasteiger partial charge in [0.05, 0.1) is 16.8 Å². The minimum Gasteiger partial charge on any atom is -0.423 e. The quantitative estimate of drug-likeness (QED) is 0.256. The number of halogens is 2. The number of ether oxygens (including phenoxy) is 1. The minimum atomic E-state index is -1.31. The van der Waals surface area contributed by atoms with Gasteiger partial charge in [-0.05, 0) is 53.6 Å². The summed E-state index contributed by atoms with van der Waals surface area (Å²) in [6, 6.07) is 19.5. The van der Waals surface area contributed by atoms with E-state index in [1.807, 2.05) is 0 Å². The number of benzene rings is 3. The molecule has 0 fully saturated rings. The zero-order valence-electron chi connectivity index (χ0n) is 15.5. The van der Waals surface area contributed by atoms with Gasteiger partial charge < -0.3 is 9.84 Å². The van der Waals surface area contributed by atoms with Crippen LogP contribution in [0.25, 0.3) is 0 Å². The Labute approximate surface area is 182 Å². The number of rotatable bonds is 6. The number of carbonyl (C=O) groups is 2. The lowest BCUT2D eigenvalue weighted by atomic mass is 10.1. The fourth-order valence-corrected chi connectivity index (χ4v) is 2.94. The van der Waals surface area contributed by atoms with Gasteiger partial charge >= 0.3 is 5.97 Å². The van der Waals surface area contributed by atoms with E-state index in [2.05, 4.69) is 10.5 Å². The Morgan fingerprint density at radius 2 is 1.70 bits per heavy atom. The summed E-state index contributed by atoms with van der Waals surface area (Å²) < 4.78 is 5.29. The molecule has 30 heavy (non-hydrogen) atoms. The molecule has 0 aliphatic rings. The van der Waals surface area contributed by atoms with Crippen molar-refractivity contribution in [1.82, 2.24) is 5.43 Å². The number of hydrazone groups is 1. The number of nitrogens with zero attached hydrogens (tertiary/aromatic N) is 1. The average molecular weight is 443 g/mol. The van der Waals surface area contributed by atoms with Gasteiger partial charge in [0.15, 0.2) is 6.10 Å². The summed E-state index contributed by atoms with van der Waals surface area (Å²) in [6.07, 6.45) is 0.0851. The highest BCUT2D eigenvalue weighted by atomic mass is 35.5. The fraction of sp³-hybridized carbons (Fsp3) is 0.0455. The Bertz CT molecular complexity index is 1070. The van der Waals surface area contributed by atoms with E-state index in [0.717, 1.165) is 0 Å². The van der Waals surface area contributed by atoms with Gasteiger partial charge in [0.25, 0.3) is 5.91 Å². The van der Waals surface area contributed by atoms with Crippen molar-refractivity contribution < 1.29 is 19.4 Å². The van der Waals surface area contributed by atoms with Gasteiger partial charge in [-0.1, -0.05) is 53.5 Å². The summed E-state index contributed by atoms with van der Waals surface area (Å²) in [5.41, 5.74) is 3.60. The first-order chi connectivity index (χ1) is 14.4. The van der Waals surface area contributed by atoms with E-state index >= 15 is 0 Å². The number of carbonyl (C=O) groups excluding carboxylic acids is 2. The molecule has 0 aliphatic carbocycles. The molecule has 3 aromatic carbocycles. The zero-order chi connectivity index (χ0) is 21.5. The molecule has 6 nitrogen and oxygen atoms in total. The number of hydrogen-bond acceptors (Lipinski definition) is 5. The number of aliphatic hydroxyl groups excluding tert-OH is 1. The first kappa shape index (κ1) is 21.5. The van der Waals surface area contributed by atoms with Crippen LogP contribution in [0.5, 0.6) is 5.75 Å². The maximum Gasteiger partial charge on any atom is 0.345 e. The molecular weight excluding hydrogens is 427 g/mol. The van der Waals surface area contributed by atoms with Crippen LogP contribution in [-0.4, -0.2) is 23.2 Å². The Morgan fingerprint density at radius 3 is 2.37 bits per heavy atom. The van der Waals surface area contributed by atoms with E-state index in [1.54, 1.807) is 60.7 Å². The lowest BCUT2D eigenvalue weighted by Crippen LogP contribution is -2.25. The van der Waals surface area contributed by atoms with Crippen LogP contribution in [0.15, 0.2) is 77.9 Å². The molecule has 3 aromatic rings. The molecule has 0 saturated carbocycles. The molecular formula is C22H16Cl2N2O4. The smallest absolute Gasteiger partial charge is 0.345 e. The van der Waals surface area contributed by atoms with Gasteiger partial charge in [-0.2, -0.15) is 5.10 Å². The lowest BCUT2D eigenvalue weighted by Gasteiger charge is -2.08. The number of esters is 1. The first-order valence-electron chi connectivity index (χ1n) is 8.77. The second-order valence-electron chi connectivity index (χ2n) is 6.13. The minimum absolute atomic E-state index is 0.199. The predicted octanol–water partition coefficient (Wildman–Crippen LogP) is 4.40. The van der Waals surface area contributed by atoms with Gasteiger partial charge in [-0.15, -0.1) is 0 Å². The number of hydrogen-bond donors (Lipinski definition) is 2. The summed E-state index contributed by atoms with van der Waals surface area (Å²) in [6.45, 7) is 0. The van der Waals surface area contributed by atoms with Crippen molar-refractivity contribution in [2.75, 3.05) is 0 Å². The van der Waals surface area contributed by atoms with E-state index in [-0.39, 0.29) is 10.6 Å². The van der Waals surface area contributed by atoms with Crippen molar-refractivity contribution in [2.24, 2.45) is 5.10 Å². The van der Waals surface area contributed by atoms with Crippen molar-refractivity contribution in [1.29, 1.82) is 0 Å². The van der Waals surface area contributed by atoms with Crippen LogP contribution in [0.2, 0.25) is 10.0 Å². The van der Waals surface area contributed by atoms with Gasteiger partial charge in [-0.25, -0.2) is 10.2 Å². The van der Waals surface area contributed by atoms with E-state index in [1.165, 1.54) is 18.3 Å².